The third-order valence-corrected chi connectivity index (χ3v) is 3.88. The second-order valence-electron chi connectivity index (χ2n) is 4.32. The van der Waals surface area contributed by atoms with Crippen LogP contribution in [-0.2, 0) is 0 Å². The molecule has 0 saturated carbocycles. The lowest BCUT2D eigenvalue weighted by molar-refractivity contribution is 0.102. The molecule has 0 unspecified atom stereocenters. The maximum Gasteiger partial charge on any atom is 0.256 e. The molecule has 0 spiro atoms. The molecule has 2 aromatic carbocycles. The summed E-state index contributed by atoms with van der Waals surface area (Å²) in [4.78, 5) is 12.3. The van der Waals surface area contributed by atoms with E-state index in [9.17, 15) is 4.79 Å². The molecule has 0 bridgehead atoms. The van der Waals surface area contributed by atoms with Gasteiger partial charge in [0.15, 0.2) is 0 Å². The topological polar surface area (TPSA) is 64.3 Å². The Bertz CT molecular complexity index is 656. The predicted octanol–water partition coefficient (Wildman–Crippen LogP) is 3.60. The van der Waals surface area contributed by atoms with Gasteiger partial charge in [0.05, 0.1) is 18.5 Å². The van der Waals surface area contributed by atoms with Crippen LogP contribution in [-0.4, -0.2) is 13.0 Å². The fourth-order valence-corrected chi connectivity index (χ4v) is 2.18. The van der Waals surface area contributed by atoms with Crippen molar-refractivity contribution in [3.8, 4) is 5.75 Å². The summed E-state index contributed by atoms with van der Waals surface area (Å²) in [6.07, 6.45) is 0. The Morgan fingerprint density at radius 1 is 1.30 bits per heavy atom. The number of methoxy groups -OCH3 is 1. The molecule has 0 saturated heterocycles. The molecule has 3 N–H and O–H groups in total. The van der Waals surface area contributed by atoms with Gasteiger partial charge in [-0.25, -0.2) is 0 Å². The minimum Gasteiger partial charge on any atom is -0.497 e. The number of amides is 1. The molecule has 0 heterocycles. The first-order valence-electron chi connectivity index (χ1n) is 6.03. The largest absolute Gasteiger partial charge is 0.497 e. The van der Waals surface area contributed by atoms with E-state index in [1.54, 1.807) is 31.4 Å². The zero-order valence-corrected chi connectivity index (χ0v) is 12.8. The summed E-state index contributed by atoms with van der Waals surface area (Å²) in [5.74, 6) is 0.434. The number of carbonyl (C=O) groups is 1. The molecule has 0 aliphatic carbocycles. The van der Waals surface area contributed by atoms with Gasteiger partial charge in [0.25, 0.3) is 5.91 Å². The van der Waals surface area contributed by atoms with Gasteiger partial charge in [-0.2, -0.15) is 0 Å². The fourth-order valence-electron chi connectivity index (χ4n) is 1.81. The van der Waals surface area contributed by atoms with Crippen molar-refractivity contribution in [2.45, 2.75) is 6.92 Å². The fraction of sp³-hybridized carbons (Fsp3) is 0.133. The first-order chi connectivity index (χ1) is 9.52. The highest BCUT2D eigenvalue weighted by atomic mass is 79.9. The van der Waals surface area contributed by atoms with Crippen LogP contribution in [0.4, 0.5) is 11.4 Å². The van der Waals surface area contributed by atoms with E-state index < -0.39 is 0 Å². The molecule has 4 nitrogen and oxygen atoms in total. The van der Waals surface area contributed by atoms with Crippen LogP contribution < -0.4 is 15.8 Å². The number of hydrogen-bond acceptors (Lipinski definition) is 3. The zero-order chi connectivity index (χ0) is 14.7. The zero-order valence-electron chi connectivity index (χ0n) is 11.2. The average Bonchev–Trinajstić information content (AvgIpc) is 2.44. The highest BCUT2D eigenvalue weighted by molar-refractivity contribution is 9.10. The Kier molecular flexibility index (Phi) is 4.29. The predicted molar refractivity (Wildman–Crippen MR) is 84.2 cm³/mol. The molecular weight excluding hydrogens is 320 g/mol. The van der Waals surface area contributed by atoms with Gasteiger partial charge >= 0.3 is 0 Å². The molecule has 2 rings (SSSR count). The maximum absolute atomic E-state index is 12.3. The van der Waals surface area contributed by atoms with Crippen LogP contribution in [0.3, 0.4) is 0 Å². The third-order valence-electron chi connectivity index (χ3n) is 3.02. The van der Waals surface area contributed by atoms with Crippen LogP contribution in [0.1, 0.15) is 15.9 Å². The number of benzene rings is 2. The first kappa shape index (κ1) is 14.4. The molecule has 0 aliphatic rings. The second-order valence-corrected chi connectivity index (χ2v) is 5.17. The van der Waals surface area contributed by atoms with Gasteiger partial charge in [-0.05, 0) is 36.8 Å². The maximum atomic E-state index is 12.3. The van der Waals surface area contributed by atoms with Crippen molar-refractivity contribution < 1.29 is 9.53 Å². The summed E-state index contributed by atoms with van der Waals surface area (Å²) in [6.45, 7) is 1.88. The second kappa shape index (κ2) is 5.96. The number of ether oxygens (including phenoxy) is 1. The Hall–Kier alpha value is -2.01. The van der Waals surface area contributed by atoms with E-state index in [2.05, 4.69) is 21.2 Å². The van der Waals surface area contributed by atoms with Crippen molar-refractivity contribution in [2.24, 2.45) is 0 Å². The minimum absolute atomic E-state index is 0.205. The summed E-state index contributed by atoms with van der Waals surface area (Å²) in [7, 11) is 1.57. The quantitative estimate of drug-likeness (QED) is 0.843. The number of nitrogen functional groups attached to an aromatic ring is 1. The monoisotopic (exact) mass is 334 g/mol. The lowest BCUT2D eigenvalue weighted by Gasteiger charge is -2.11. The summed E-state index contributed by atoms with van der Waals surface area (Å²) in [5, 5.41) is 2.80. The summed E-state index contributed by atoms with van der Waals surface area (Å²) >= 11 is 3.41. The Balaban J connectivity index is 2.30. The van der Waals surface area contributed by atoms with Crippen LogP contribution >= 0.6 is 15.9 Å². The van der Waals surface area contributed by atoms with E-state index in [4.69, 9.17) is 10.5 Å². The molecule has 1 amide bonds. The molecule has 0 radical (unpaired) electrons. The van der Waals surface area contributed by atoms with Crippen LogP contribution in [0.15, 0.2) is 40.9 Å². The van der Waals surface area contributed by atoms with Crippen LogP contribution in [0.25, 0.3) is 0 Å². The smallest absolute Gasteiger partial charge is 0.256 e. The van der Waals surface area contributed by atoms with Crippen molar-refractivity contribution in [1.29, 1.82) is 0 Å². The summed E-state index contributed by atoms with van der Waals surface area (Å²) < 4.78 is 6.02. The highest BCUT2D eigenvalue weighted by Gasteiger charge is 2.12. The lowest BCUT2D eigenvalue weighted by atomic mass is 10.1. The minimum atomic E-state index is -0.205. The molecule has 5 heteroatoms. The van der Waals surface area contributed by atoms with Crippen LogP contribution in [0, 0.1) is 6.92 Å². The van der Waals surface area contributed by atoms with E-state index in [0.29, 0.717) is 22.7 Å². The van der Waals surface area contributed by atoms with E-state index >= 15 is 0 Å². The first-order valence-corrected chi connectivity index (χ1v) is 6.82. The van der Waals surface area contributed by atoms with E-state index in [1.165, 1.54) is 0 Å². The van der Waals surface area contributed by atoms with Crippen LogP contribution in [0.2, 0.25) is 0 Å². The molecule has 0 aromatic heterocycles. The normalized spacial score (nSPS) is 10.2. The van der Waals surface area contributed by atoms with Gasteiger partial charge in [-0.1, -0.05) is 22.0 Å². The molecular formula is C15H15BrN2O2. The van der Waals surface area contributed by atoms with Gasteiger partial charge < -0.3 is 15.8 Å². The molecule has 0 atom stereocenters. The van der Waals surface area contributed by atoms with Gasteiger partial charge in [0.2, 0.25) is 0 Å². The standard InChI is InChI=1S/C15H15BrN2O2/c1-9-11(4-3-5-12(9)16)15(19)18-14-8-10(20-2)6-7-13(14)17/h3-8H,17H2,1-2H3,(H,18,19). The number of rotatable bonds is 3. The molecule has 0 aliphatic heterocycles. The average molecular weight is 335 g/mol. The Morgan fingerprint density at radius 2 is 2.05 bits per heavy atom. The van der Waals surface area contributed by atoms with Gasteiger partial charge in [-0.15, -0.1) is 0 Å². The van der Waals surface area contributed by atoms with Crippen molar-refractivity contribution in [1.82, 2.24) is 0 Å². The van der Waals surface area contributed by atoms with Gasteiger partial charge in [0.1, 0.15) is 5.75 Å². The van der Waals surface area contributed by atoms with Crippen LogP contribution in [0.5, 0.6) is 5.75 Å². The van der Waals surface area contributed by atoms with E-state index in [1.807, 2.05) is 19.1 Å². The van der Waals surface area contributed by atoms with E-state index in [0.717, 1.165) is 10.0 Å². The number of carbonyl (C=O) groups excluding carboxylic acids is 1. The molecule has 104 valence electrons. The highest BCUT2D eigenvalue weighted by Crippen LogP contribution is 2.26. The number of anilines is 2. The number of hydrogen-bond donors (Lipinski definition) is 2. The van der Waals surface area contributed by atoms with Crippen molar-refractivity contribution >= 4 is 33.2 Å². The molecule has 0 fully saturated rings. The summed E-state index contributed by atoms with van der Waals surface area (Å²) in [5.41, 5.74) is 8.37. The van der Waals surface area contributed by atoms with Crippen molar-refractivity contribution in [2.75, 3.05) is 18.2 Å². The summed E-state index contributed by atoms with van der Waals surface area (Å²) in [6, 6.07) is 10.6. The molecule has 20 heavy (non-hydrogen) atoms. The Labute approximate surface area is 126 Å². The third kappa shape index (κ3) is 2.93. The number of nitrogens with two attached hydrogens (primary N) is 1. The van der Waals surface area contributed by atoms with Crippen molar-refractivity contribution in [3.63, 3.8) is 0 Å². The SMILES string of the molecule is COc1ccc(N)c(NC(=O)c2cccc(Br)c2C)c1. The van der Waals surface area contributed by atoms with Gasteiger partial charge in [0, 0.05) is 16.1 Å². The van der Waals surface area contributed by atoms with Gasteiger partial charge in [-0.3, -0.25) is 4.79 Å². The Morgan fingerprint density at radius 3 is 2.75 bits per heavy atom. The lowest BCUT2D eigenvalue weighted by Crippen LogP contribution is -2.14. The molecule has 2 aromatic rings. The van der Waals surface area contributed by atoms with E-state index in [-0.39, 0.29) is 5.91 Å². The van der Waals surface area contributed by atoms with Crippen molar-refractivity contribution in [3.05, 3.63) is 52.0 Å². The number of halogens is 1. The number of nitrogens with one attached hydrogen (secondary N) is 1.